The number of nitrogens with zero attached hydrogens (tertiary/aromatic N) is 2. The minimum atomic E-state index is -0.428. The lowest BCUT2D eigenvalue weighted by atomic mass is 9.99. The van der Waals surface area contributed by atoms with Crippen LogP contribution in [0.15, 0.2) is 18.3 Å². The fraction of sp³-hybridized carbons (Fsp3) is 0.667. The van der Waals surface area contributed by atoms with Gasteiger partial charge in [0.15, 0.2) is 0 Å². The van der Waals surface area contributed by atoms with Gasteiger partial charge in [-0.2, -0.15) is 0 Å². The third kappa shape index (κ3) is 2.83. The first-order chi connectivity index (χ1) is 8.76. The molecule has 1 aliphatic heterocycles. The number of anilines is 1. The van der Waals surface area contributed by atoms with E-state index in [1.54, 1.807) is 0 Å². The number of pyridine rings is 1. The van der Waals surface area contributed by atoms with Gasteiger partial charge in [-0.3, -0.25) is 4.98 Å². The minimum absolute atomic E-state index is 0.428. The van der Waals surface area contributed by atoms with Gasteiger partial charge in [0.05, 0.1) is 23.7 Å². The summed E-state index contributed by atoms with van der Waals surface area (Å²) in [6, 6.07) is 4.72. The van der Waals surface area contributed by atoms with Crippen molar-refractivity contribution < 1.29 is 5.11 Å². The summed E-state index contributed by atoms with van der Waals surface area (Å²) in [6.45, 7) is 5.36. The van der Waals surface area contributed by atoms with Crippen molar-refractivity contribution in [3.05, 3.63) is 24.0 Å². The van der Waals surface area contributed by atoms with Crippen molar-refractivity contribution in [3.63, 3.8) is 0 Å². The highest BCUT2D eigenvalue weighted by Crippen LogP contribution is 2.26. The maximum Gasteiger partial charge on any atom is 0.0957 e. The Hall–Kier alpha value is -1.09. The minimum Gasteiger partial charge on any atom is -0.387 e. The zero-order chi connectivity index (χ0) is 13.0. The van der Waals surface area contributed by atoms with Crippen molar-refractivity contribution in [3.8, 4) is 0 Å². The first-order valence-electron chi connectivity index (χ1n) is 7.17. The normalized spacial score (nSPS) is 21.9. The molecule has 1 fully saturated rings. The number of hydrogen-bond donors (Lipinski definition) is 1. The molecular weight excluding hydrogens is 224 g/mol. The summed E-state index contributed by atoms with van der Waals surface area (Å²) in [4.78, 5) is 6.87. The highest BCUT2D eigenvalue weighted by Gasteiger charge is 2.21. The number of aliphatic hydroxyl groups excluding tert-OH is 1. The molecule has 3 nitrogen and oxygen atoms in total. The van der Waals surface area contributed by atoms with Crippen LogP contribution in [0, 0.1) is 0 Å². The topological polar surface area (TPSA) is 36.4 Å². The molecule has 0 spiro atoms. The molecule has 1 aliphatic rings. The van der Waals surface area contributed by atoms with Crippen molar-refractivity contribution in [1.29, 1.82) is 0 Å². The zero-order valence-electron chi connectivity index (χ0n) is 11.5. The molecule has 1 aromatic rings. The van der Waals surface area contributed by atoms with Crippen LogP contribution < -0.4 is 4.90 Å². The van der Waals surface area contributed by atoms with E-state index >= 15 is 0 Å². The second-order valence-electron chi connectivity index (χ2n) is 5.12. The van der Waals surface area contributed by atoms with Gasteiger partial charge in [0.2, 0.25) is 0 Å². The Balaban J connectivity index is 2.12. The van der Waals surface area contributed by atoms with Crippen molar-refractivity contribution in [2.24, 2.45) is 0 Å². The molecule has 2 atom stereocenters. The molecule has 1 unspecified atom stereocenters. The van der Waals surface area contributed by atoms with Gasteiger partial charge in [-0.15, -0.1) is 0 Å². The molecule has 18 heavy (non-hydrogen) atoms. The lowest BCUT2D eigenvalue weighted by Gasteiger charge is -2.37. The smallest absolute Gasteiger partial charge is 0.0957 e. The summed E-state index contributed by atoms with van der Waals surface area (Å²) in [5.41, 5.74) is 1.99. The van der Waals surface area contributed by atoms with Crippen LogP contribution in [0.5, 0.6) is 0 Å². The van der Waals surface area contributed by atoms with Gasteiger partial charge in [0, 0.05) is 12.6 Å². The molecule has 0 amide bonds. The Morgan fingerprint density at radius 3 is 2.83 bits per heavy atom. The number of hydrogen-bond acceptors (Lipinski definition) is 3. The van der Waals surface area contributed by atoms with Crippen molar-refractivity contribution in [2.75, 3.05) is 11.4 Å². The van der Waals surface area contributed by atoms with Crippen LogP contribution >= 0.6 is 0 Å². The number of piperidine rings is 1. The lowest BCUT2D eigenvalue weighted by molar-refractivity contribution is 0.169. The van der Waals surface area contributed by atoms with Gasteiger partial charge in [-0.1, -0.05) is 13.8 Å². The molecule has 1 aromatic heterocycles. The van der Waals surface area contributed by atoms with Crippen LogP contribution in [-0.2, 0) is 0 Å². The quantitative estimate of drug-likeness (QED) is 0.888. The number of aliphatic hydroxyl groups is 1. The van der Waals surface area contributed by atoms with E-state index in [-0.39, 0.29) is 0 Å². The second kappa shape index (κ2) is 6.19. The van der Waals surface area contributed by atoms with Crippen LogP contribution in [0.4, 0.5) is 5.69 Å². The van der Waals surface area contributed by atoms with E-state index in [1.165, 1.54) is 31.4 Å². The molecule has 3 heteroatoms. The first kappa shape index (κ1) is 13.3. The predicted molar refractivity (Wildman–Crippen MR) is 74.8 cm³/mol. The summed E-state index contributed by atoms with van der Waals surface area (Å²) in [5, 5.41) is 9.75. The van der Waals surface area contributed by atoms with Crippen LogP contribution in [0.25, 0.3) is 0 Å². The molecular formula is C15H24N2O. The zero-order valence-corrected chi connectivity index (χ0v) is 11.5. The molecule has 1 saturated heterocycles. The average molecular weight is 248 g/mol. The Bertz CT molecular complexity index is 363. The van der Waals surface area contributed by atoms with Gasteiger partial charge in [0.1, 0.15) is 0 Å². The number of aromatic nitrogens is 1. The largest absolute Gasteiger partial charge is 0.387 e. The Labute approximate surface area is 110 Å². The Morgan fingerprint density at radius 1 is 1.39 bits per heavy atom. The molecule has 0 bridgehead atoms. The van der Waals surface area contributed by atoms with Crippen LogP contribution in [0.1, 0.15) is 57.7 Å². The summed E-state index contributed by atoms with van der Waals surface area (Å²) < 4.78 is 0. The predicted octanol–water partition coefficient (Wildman–Crippen LogP) is 3.29. The van der Waals surface area contributed by atoms with E-state index in [4.69, 9.17) is 0 Å². The van der Waals surface area contributed by atoms with Crippen LogP contribution in [-0.4, -0.2) is 22.7 Å². The summed E-state index contributed by atoms with van der Waals surface area (Å²) >= 11 is 0. The molecule has 100 valence electrons. The molecule has 0 radical (unpaired) electrons. The van der Waals surface area contributed by atoms with Gasteiger partial charge in [0.25, 0.3) is 0 Å². The maximum absolute atomic E-state index is 9.75. The first-order valence-corrected chi connectivity index (χ1v) is 7.17. The maximum atomic E-state index is 9.75. The van der Waals surface area contributed by atoms with E-state index in [0.717, 1.165) is 12.2 Å². The summed E-state index contributed by atoms with van der Waals surface area (Å²) in [5.74, 6) is 0. The van der Waals surface area contributed by atoms with E-state index in [2.05, 4.69) is 22.9 Å². The highest BCUT2D eigenvalue weighted by molar-refractivity contribution is 5.46. The number of rotatable bonds is 4. The van der Waals surface area contributed by atoms with Crippen molar-refractivity contribution in [2.45, 2.75) is 58.1 Å². The van der Waals surface area contributed by atoms with Crippen molar-refractivity contribution >= 4 is 5.69 Å². The molecule has 2 rings (SSSR count). The van der Waals surface area contributed by atoms with Crippen molar-refractivity contribution in [1.82, 2.24) is 4.98 Å². The van der Waals surface area contributed by atoms with Gasteiger partial charge < -0.3 is 10.0 Å². The van der Waals surface area contributed by atoms with Crippen LogP contribution in [0.3, 0.4) is 0 Å². The lowest BCUT2D eigenvalue weighted by Crippen LogP contribution is -2.39. The SMILES string of the molecule is CCC1CCCCN1c1ccc([C@@H](O)CC)nc1. The van der Waals surface area contributed by atoms with E-state index in [9.17, 15) is 5.11 Å². The van der Waals surface area contributed by atoms with E-state index in [0.29, 0.717) is 12.5 Å². The second-order valence-corrected chi connectivity index (χ2v) is 5.12. The average Bonchev–Trinajstić information content (AvgIpc) is 2.46. The molecule has 0 aromatic carbocycles. The van der Waals surface area contributed by atoms with Gasteiger partial charge in [-0.05, 0) is 44.2 Å². The fourth-order valence-corrected chi connectivity index (χ4v) is 2.74. The summed E-state index contributed by atoms with van der Waals surface area (Å²) in [6.07, 6.45) is 7.30. The molecule has 0 aliphatic carbocycles. The molecule has 1 N–H and O–H groups in total. The standard InChI is InChI=1S/C15H24N2O/c1-3-12-7-5-6-10-17(12)13-8-9-14(16-11-13)15(18)4-2/h8-9,11-12,15,18H,3-7,10H2,1-2H3/t12?,15-/m0/s1. The van der Waals surface area contributed by atoms with Gasteiger partial charge >= 0.3 is 0 Å². The molecule has 2 heterocycles. The fourth-order valence-electron chi connectivity index (χ4n) is 2.74. The highest BCUT2D eigenvalue weighted by atomic mass is 16.3. The Kier molecular flexibility index (Phi) is 4.59. The van der Waals surface area contributed by atoms with Gasteiger partial charge in [-0.25, -0.2) is 0 Å². The third-order valence-electron chi connectivity index (χ3n) is 3.93. The van der Waals surface area contributed by atoms with Crippen LogP contribution in [0.2, 0.25) is 0 Å². The van der Waals surface area contributed by atoms with E-state index < -0.39 is 6.10 Å². The third-order valence-corrected chi connectivity index (χ3v) is 3.93. The van der Waals surface area contributed by atoms with E-state index in [1.807, 2.05) is 19.2 Å². The molecule has 0 saturated carbocycles. The summed E-state index contributed by atoms with van der Waals surface area (Å²) in [7, 11) is 0. The monoisotopic (exact) mass is 248 g/mol. The Morgan fingerprint density at radius 2 is 2.22 bits per heavy atom.